The van der Waals surface area contributed by atoms with Crippen LogP contribution in [0.25, 0.3) is 0 Å². The lowest BCUT2D eigenvalue weighted by Crippen LogP contribution is -2.24. The summed E-state index contributed by atoms with van der Waals surface area (Å²) in [4.78, 5) is 11.3. The van der Waals surface area contributed by atoms with E-state index in [4.69, 9.17) is 9.47 Å². The summed E-state index contributed by atoms with van der Waals surface area (Å²) in [6, 6.07) is 7.15. The quantitative estimate of drug-likeness (QED) is 0.602. The van der Waals surface area contributed by atoms with Gasteiger partial charge in [0.15, 0.2) is 18.1 Å². The minimum atomic E-state index is -0.305. The van der Waals surface area contributed by atoms with Crippen LogP contribution in [0.3, 0.4) is 0 Å². The normalized spacial score (nSPS) is 10.2. The zero-order chi connectivity index (χ0) is 12.5. The number of methoxy groups -OCH3 is 1. The molecule has 0 radical (unpaired) electrons. The van der Waals surface area contributed by atoms with E-state index >= 15 is 0 Å². The maximum Gasteiger partial charge on any atom is 0.277 e. The Morgan fingerprint density at radius 1 is 1.41 bits per heavy atom. The number of hydrazone groups is 1. The maximum atomic E-state index is 11.3. The number of rotatable bonds is 6. The van der Waals surface area contributed by atoms with Crippen molar-refractivity contribution in [1.82, 2.24) is 5.43 Å². The van der Waals surface area contributed by atoms with Gasteiger partial charge in [0.1, 0.15) is 0 Å². The Morgan fingerprint density at radius 2 is 2.12 bits per heavy atom. The molecule has 1 aromatic rings. The molecule has 1 aromatic carbocycles. The summed E-state index contributed by atoms with van der Waals surface area (Å²) in [7, 11) is 1.55. The Bertz CT molecular complexity index is 391. The molecule has 92 valence electrons. The predicted octanol–water partition coefficient (Wildman–Crippen LogP) is 1.59. The van der Waals surface area contributed by atoms with Gasteiger partial charge in [0.2, 0.25) is 0 Å². The third-order valence-electron chi connectivity index (χ3n) is 1.89. The van der Waals surface area contributed by atoms with Gasteiger partial charge in [0, 0.05) is 6.21 Å². The average Bonchev–Trinajstić information content (AvgIpc) is 2.37. The molecule has 1 rings (SSSR count). The second-order valence-corrected chi connectivity index (χ2v) is 3.19. The number of hydrogen-bond donors (Lipinski definition) is 1. The van der Waals surface area contributed by atoms with Gasteiger partial charge in [-0.25, -0.2) is 5.43 Å². The lowest BCUT2D eigenvalue weighted by Gasteiger charge is -2.08. The number of nitrogens with one attached hydrogen (secondary N) is 1. The molecule has 0 aromatic heterocycles. The van der Waals surface area contributed by atoms with Crippen LogP contribution in [0.15, 0.2) is 29.4 Å². The Morgan fingerprint density at radius 3 is 2.76 bits per heavy atom. The van der Waals surface area contributed by atoms with Crippen molar-refractivity contribution in [2.24, 2.45) is 5.10 Å². The largest absolute Gasteiger partial charge is 0.493 e. The molecule has 0 unspecified atom stereocenters. The summed E-state index contributed by atoms with van der Waals surface area (Å²) in [5, 5.41) is 3.71. The molecule has 0 bridgehead atoms. The summed E-state index contributed by atoms with van der Waals surface area (Å²) in [5.41, 5.74) is 2.36. The van der Waals surface area contributed by atoms with Crippen molar-refractivity contribution in [3.63, 3.8) is 0 Å². The van der Waals surface area contributed by atoms with Crippen LogP contribution in [0.2, 0.25) is 0 Å². The molecule has 0 aliphatic rings. The highest BCUT2D eigenvalue weighted by Crippen LogP contribution is 2.25. The molecule has 5 nitrogen and oxygen atoms in total. The van der Waals surface area contributed by atoms with Crippen molar-refractivity contribution < 1.29 is 14.3 Å². The van der Waals surface area contributed by atoms with Crippen molar-refractivity contribution in [3.8, 4) is 11.5 Å². The number of carbonyl (C=O) groups excluding carboxylic acids is 1. The van der Waals surface area contributed by atoms with E-state index in [2.05, 4.69) is 10.5 Å². The van der Waals surface area contributed by atoms with Crippen LogP contribution in [-0.2, 0) is 4.79 Å². The summed E-state index contributed by atoms with van der Waals surface area (Å²) in [6.45, 7) is 1.84. The van der Waals surface area contributed by atoms with E-state index in [0.29, 0.717) is 11.5 Å². The number of para-hydroxylation sites is 2. The lowest BCUT2D eigenvalue weighted by molar-refractivity contribution is -0.123. The minimum Gasteiger partial charge on any atom is -0.493 e. The Labute approximate surface area is 100 Å². The molecule has 17 heavy (non-hydrogen) atoms. The van der Waals surface area contributed by atoms with Crippen LogP contribution in [0, 0.1) is 0 Å². The highest BCUT2D eigenvalue weighted by atomic mass is 16.5. The van der Waals surface area contributed by atoms with Crippen molar-refractivity contribution in [2.45, 2.75) is 13.3 Å². The van der Waals surface area contributed by atoms with Crippen molar-refractivity contribution in [2.75, 3.05) is 13.7 Å². The predicted molar refractivity (Wildman–Crippen MR) is 65.4 cm³/mol. The second-order valence-electron chi connectivity index (χ2n) is 3.19. The van der Waals surface area contributed by atoms with E-state index in [9.17, 15) is 4.79 Å². The van der Waals surface area contributed by atoms with Crippen LogP contribution in [0.5, 0.6) is 11.5 Å². The van der Waals surface area contributed by atoms with Crippen LogP contribution in [-0.4, -0.2) is 25.8 Å². The topological polar surface area (TPSA) is 59.9 Å². The van der Waals surface area contributed by atoms with E-state index in [1.807, 2.05) is 19.1 Å². The molecule has 0 atom stereocenters. The standard InChI is InChI=1S/C12H16N2O3/c1-3-8-13-14-12(15)9-17-11-7-5-4-6-10(11)16-2/h4-8H,3,9H2,1-2H3,(H,14,15)/b13-8+. The molecule has 1 N–H and O–H groups in total. The number of hydrogen-bond acceptors (Lipinski definition) is 4. The molecular formula is C12H16N2O3. The highest BCUT2D eigenvalue weighted by Gasteiger charge is 2.05. The molecule has 0 aliphatic heterocycles. The zero-order valence-corrected chi connectivity index (χ0v) is 9.97. The Balaban J connectivity index is 2.44. The first kappa shape index (κ1) is 13.0. The minimum absolute atomic E-state index is 0.0958. The number of nitrogens with zero attached hydrogens (tertiary/aromatic N) is 1. The van der Waals surface area contributed by atoms with E-state index in [1.54, 1.807) is 25.5 Å². The number of amides is 1. The van der Waals surface area contributed by atoms with Crippen molar-refractivity contribution in [3.05, 3.63) is 24.3 Å². The fraction of sp³-hybridized carbons (Fsp3) is 0.333. The molecule has 0 aliphatic carbocycles. The summed E-state index contributed by atoms with van der Waals surface area (Å²) >= 11 is 0. The molecule has 0 saturated carbocycles. The maximum absolute atomic E-state index is 11.3. The first-order valence-corrected chi connectivity index (χ1v) is 5.34. The third-order valence-corrected chi connectivity index (χ3v) is 1.89. The summed E-state index contributed by atoms with van der Waals surface area (Å²) in [5.74, 6) is 0.822. The molecular weight excluding hydrogens is 220 g/mol. The van der Waals surface area contributed by atoms with Crippen LogP contribution < -0.4 is 14.9 Å². The van der Waals surface area contributed by atoms with Gasteiger partial charge >= 0.3 is 0 Å². The van der Waals surface area contributed by atoms with E-state index in [1.165, 1.54) is 0 Å². The fourth-order valence-corrected chi connectivity index (χ4v) is 1.12. The number of ether oxygens (including phenoxy) is 2. The smallest absolute Gasteiger partial charge is 0.277 e. The van der Waals surface area contributed by atoms with Gasteiger partial charge in [-0.05, 0) is 18.6 Å². The van der Waals surface area contributed by atoms with Crippen molar-refractivity contribution in [1.29, 1.82) is 0 Å². The van der Waals surface area contributed by atoms with Gasteiger partial charge in [-0.2, -0.15) is 5.10 Å². The van der Waals surface area contributed by atoms with Gasteiger partial charge < -0.3 is 9.47 Å². The first-order chi connectivity index (χ1) is 8.27. The number of carbonyl (C=O) groups is 1. The van der Waals surface area contributed by atoms with Crippen LogP contribution >= 0.6 is 0 Å². The van der Waals surface area contributed by atoms with Crippen LogP contribution in [0.4, 0.5) is 0 Å². The monoisotopic (exact) mass is 236 g/mol. The zero-order valence-electron chi connectivity index (χ0n) is 9.97. The van der Waals surface area contributed by atoms with Crippen LogP contribution in [0.1, 0.15) is 13.3 Å². The summed E-state index contributed by atoms with van der Waals surface area (Å²) < 4.78 is 10.4. The highest BCUT2D eigenvalue weighted by molar-refractivity contribution is 5.78. The van der Waals surface area contributed by atoms with Gasteiger partial charge in [0.05, 0.1) is 7.11 Å². The Kier molecular flexibility index (Phi) is 5.57. The summed E-state index contributed by atoms with van der Waals surface area (Å²) in [6.07, 6.45) is 2.38. The molecule has 5 heteroatoms. The van der Waals surface area contributed by atoms with Gasteiger partial charge in [-0.15, -0.1) is 0 Å². The third kappa shape index (κ3) is 4.55. The fourth-order valence-electron chi connectivity index (χ4n) is 1.12. The van der Waals surface area contributed by atoms with Gasteiger partial charge in [-0.3, -0.25) is 4.79 Å². The van der Waals surface area contributed by atoms with Gasteiger partial charge in [-0.1, -0.05) is 19.1 Å². The van der Waals surface area contributed by atoms with Crippen molar-refractivity contribution >= 4 is 12.1 Å². The van der Waals surface area contributed by atoms with Gasteiger partial charge in [0.25, 0.3) is 5.91 Å². The molecule has 0 spiro atoms. The SMILES string of the molecule is CC/C=N/NC(=O)COc1ccccc1OC. The lowest BCUT2D eigenvalue weighted by atomic mass is 10.3. The first-order valence-electron chi connectivity index (χ1n) is 5.34. The van der Waals surface area contributed by atoms with E-state index in [0.717, 1.165) is 6.42 Å². The van der Waals surface area contributed by atoms with E-state index in [-0.39, 0.29) is 12.5 Å². The van der Waals surface area contributed by atoms with E-state index < -0.39 is 0 Å². The second kappa shape index (κ2) is 7.27. The average molecular weight is 236 g/mol. The molecule has 0 saturated heterocycles. The number of benzene rings is 1. The molecule has 0 fully saturated rings. The Hall–Kier alpha value is -2.04. The molecule has 1 amide bonds. The molecule has 0 heterocycles.